The first-order valence-corrected chi connectivity index (χ1v) is 7.29. The summed E-state index contributed by atoms with van der Waals surface area (Å²) in [4.78, 5) is 0. The standard InChI is InChI=1S/C15H22.C2H6/c1-4-12(3)13-7-8-14-9-11(2)5-6-15(14)10-13;1-2/h5-6,9,12-13H,4,7-8,10H2,1-3H3;1-2H3. The molecule has 1 aliphatic rings. The third-order valence-electron chi connectivity index (χ3n) is 4.08. The average Bonchev–Trinajstić information content (AvgIpc) is 2.39. The van der Waals surface area contributed by atoms with Crippen molar-refractivity contribution in [3.63, 3.8) is 0 Å². The Kier molecular flexibility index (Phi) is 5.74. The third kappa shape index (κ3) is 3.59. The Hall–Kier alpha value is -0.780. The molecule has 0 aromatic heterocycles. The van der Waals surface area contributed by atoms with Crippen molar-refractivity contribution >= 4 is 0 Å². The van der Waals surface area contributed by atoms with Gasteiger partial charge >= 0.3 is 0 Å². The fourth-order valence-electron chi connectivity index (χ4n) is 2.73. The first-order valence-electron chi connectivity index (χ1n) is 7.29. The van der Waals surface area contributed by atoms with Gasteiger partial charge in [0.25, 0.3) is 0 Å². The number of benzene rings is 1. The Morgan fingerprint density at radius 1 is 1.24 bits per heavy atom. The number of fused-ring (bicyclic) bond motifs is 1. The quantitative estimate of drug-likeness (QED) is 0.659. The average molecular weight is 232 g/mol. The number of hydrogen-bond acceptors (Lipinski definition) is 0. The Morgan fingerprint density at radius 2 is 1.94 bits per heavy atom. The molecule has 2 unspecified atom stereocenters. The van der Waals surface area contributed by atoms with Crippen LogP contribution in [0.25, 0.3) is 0 Å². The van der Waals surface area contributed by atoms with Crippen LogP contribution in [0.2, 0.25) is 0 Å². The van der Waals surface area contributed by atoms with E-state index in [9.17, 15) is 0 Å². The molecule has 2 rings (SSSR count). The molecule has 0 saturated heterocycles. The molecule has 0 amide bonds. The normalized spacial score (nSPS) is 19.9. The Bertz CT molecular complexity index is 338. The Labute approximate surface area is 107 Å². The summed E-state index contributed by atoms with van der Waals surface area (Å²) in [6.07, 6.45) is 5.33. The van der Waals surface area contributed by atoms with Gasteiger partial charge in [-0.25, -0.2) is 0 Å². The molecule has 1 aliphatic carbocycles. The number of hydrogen-bond donors (Lipinski definition) is 0. The van der Waals surface area contributed by atoms with Crippen LogP contribution in [-0.4, -0.2) is 0 Å². The molecule has 17 heavy (non-hydrogen) atoms. The second-order valence-corrected chi connectivity index (χ2v) is 5.16. The highest BCUT2D eigenvalue weighted by atomic mass is 14.3. The molecule has 0 radical (unpaired) electrons. The lowest BCUT2D eigenvalue weighted by Gasteiger charge is -2.29. The minimum absolute atomic E-state index is 0.888. The van der Waals surface area contributed by atoms with Gasteiger partial charge < -0.3 is 0 Å². The monoisotopic (exact) mass is 232 g/mol. The van der Waals surface area contributed by atoms with Crippen LogP contribution in [0.3, 0.4) is 0 Å². The molecule has 1 aromatic rings. The van der Waals surface area contributed by atoms with Crippen LogP contribution in [0.5, 0.6) is 0 Å². The smallest absolute Gasteiger partial charge is 0.0245 e. The van der Waals surface area contributed by atoms with E-state index in [4.69, 9.17) is 0 Å². The summed E-state index contributed by atoms with van der Waals surface area (Å²) in [5, 5.41) is 0. The summed E-state index contributed by atoms with van der Waals surface area (Å²) in [7, 11) is 0. The molecule has 0 nitrogen and oxygen atoms in total. The molecule has 0 saturated carbocycles. The van der Waals surface area contributed by atoms with Crippen molar-refractivity contribution in [3.05, 3.63) is 34.9 Å². The summed E-state index contributed by atoms with van der Waals surface area (Å²) in [6, 6.07) is 6.99. The SMILES string of the molecule is CC.CCC(C)C1CCc2cc(C)ccc2C1. The second-order valence-electron chi connectivity index (χ2n) is 5.16. The van der Waals surface area contributed by atoms with Crippen LogP contribution < -0.4 is 0 Å². The molecule has 1 aromatic carbocycles. The fraction of sp³-hybridized carbons (Fsp3) is 0.647. The highest BCUT2D eigenvalue weighted by Gasteiger charge is 2.22. The highest BCUT2D eigenvalue weighted by Crippen LogP contribution is 2.31. The maximum atomic E-state index is 2.41. The van der Waals surface area contributed by atoms with Gasteiger partial charge in [-0.1, -0.05) is 57.9 Å². The molecule has 0 N–H and O–H groups in total. The van der Waals surface area contributed by atoms with Gasteiger partial charge in [-0.15, -0.1) is 0 Å². The topological polar surface area (TPSA) is 0 Å². The largest absolute Gasteiger partial charge is 0.0683 e. The molecule has 96 valence electrons. The first-order chi connectivity index (χ1) is 8.20. The van der Waals surface area contributed by atoms with E-state index in [-0.39, 0.29) is 0 Å². The first kappa shape index (κ1) is 14.3. The minimum atomic E-state index is 0.888. The second kappa shape index (κ2) is 6.83. The maximum Gasteiger partial charge on any atom is -0.0245 e. The zero-order valence-electron chi connectivity index (χ0n) is 12.2. The van der Waals surface area contributed by atoms with Gasteiger partial charge in [0, 0.05) is 0 Å². The van der Waals surface area contributed by atoms with Gasteiger partial charge in [-0.05, 0) is 49.1 Å². The van der Waals surface area contributed by atoms with Gasteiger partial charge in [0.05, 0.1) is 0 Å². The summed E-state index contributed by atoms with van der Waals surface area (Å²) < 4.78 is 0. The van der Waals surface area contributed by atoms with Crippen LogP contribution in [0.15, 0.2) is 18.2 Å². The van der Waals surface area contributed by atoms with Crippen molar-refractivity contribution in [1.82, 2.24) is 0 Å². The van der Waals surface area contributed by atoms with E-state index in [1.807, 2.05) is 13.8 Å². The van der Waals surface area contributed by atoms with E-state index in [1.165, 1.54) is 31.2 Å². The lowest BCUT2D eigenvalue weighted by atomic mass is 9.76. The predicted molar refractivity (Wildman–Crippen MR) is 77.5 cm³/mol. The summed E-state index contributed by atoms with van der Waals surface area (Å²) in [5.74, 6) is 1.81. The lowest BCUT2D eigenvalue weighted by molar-refractivity contribution is 0.313. The van der Waals surface area contributed by atoms with Crippen molar-refractivity contribution in [2.75, 3.05) is 0 Å². The molecule has 0 spiro atoms. The molecular formula is C17H28. The molecule has 2 atom stereocenters. The fourth-order valence-corrected chi connectivity index (χ4v) is 2.73. The molecular weight excluding hydrogens is 204 g/mol. The lowest BCUT2D eigenvalue weighted by Crippen LogP contribution is -2.20. The Morgan fingerprint density at radius 3 is 2.59 bits per heavy atom. The van der Waals surface area contributed by atoms with Crippen LogP contribution in [0.1, 0.15) is 57.2 Å². The summed E-state index contributed by atoms with van der Waals surface area (Å²) in [5.41, 5.74) is 4.63. The minimum Gasteiger partial charge on any atom is -0.0683 e. The van der Waals surface area contributed by atoms with Gasteiger partial charge in [0.2, 0.25) is 0 Å². The van der Waals surface area contributed by atoms with E-state index in [1.54, 1.807) is 11.1 Å². The van der Waals surface area contributed by atoms with E-state index in [0.29, 0.717) is 0 Å². The van der Waals surface area contributed by atoms with Crippen molar-refractivity contribution < 1.29 is 0 Å². The van der Waals surface area contributed by atoms with Crippen LogP contribution >= 0.6 is 0 Å². The summed E-state index contributed by atoms with van der Waals surface area (Å²) >= 11 is 0. The molecule has 0 aliphatic heterocycles. The molecule has 0 heterocycles. The van der Waals surface area contributed by atoms with E-state index >= 15 is 0 Å². The number of rotatable bonds is 2. The van der Waals surface area contributed by atoms with E-state index in [0.717, 1.165) is 11.8 Å². The van der Waals surface area contributed by atoms with Crippen LogP contribution in [-0.2, 0) is 12.8 Å². The molecule has 0 bridgehead atoms. The maximum absolute atomic E-state index is 2.41. The zero-order valence-corrected chi connectivity index (χ0v) is 12.2. The van der Waals surface area contributed by atoms with Crippen molar-refractivity contribution in [2.24, 2.45) is 11.8 Å². The highest BCUT2D eigenvalue weighted by molar-refractivity contribution is 5.33. The molecule has 0 fully saturated rings. The van der Waals surface area contributed by atoms with Crippen molar-refractivity contribution in [1.29, 1.82) is 0 Å². The summed E-state index contributed by atoms with van der Waals surface area (Å²) in [6.45, 7) is 10.9. The predicted octanol–water partition coefficient (Wildman–Crippen LogP) is 5.17. The zero-order chi connectivity index (χ0) is 12.8. The van der Waals surface area contributed by atoms with Crippen LogP contribution in [0.4, 0.5) is 0 Å². The molecule has 0 heteroatoms. The van der Waals surface area contributed by atoms with Gasteiger partial charge in [0.1, 0.15) is 0 Å². The van der Waals surface area contributed by atoms with Crippen molar-refractivity contribution in [2.45, 2.75) is 60.3 Å². The van der Waals surface area contributed by atoms with E-state index in [2.05, 4.69) is 39.0 Å². The number of aryl methyl sites for hydroxylation is 2. The van der Waals surface area contributed by atoms with E-state index < -0.39 is 0 Å². The van der Waals surface area contributed by atoms with Gasteiger partial charge in [-0.2, -0.15) is 0 Å². The van der Waals surface area contributed by atoms with Gasteiger partial charge in [-0.3, -0.25) is 0 Å². The van der Waals surface area contributed by atoms with Crippen LogP contribution in [0, 0.1) is 18.8 Å². The third-order valence-corrected chi connectivity index (χ3v) is 4.08. The Balaban J connectivity index is 0.000000686. The van der Waals surface area contributed by atoms with Crippen molar-refractivity contribution in [3.8, 4) is 0 Å². The van der Waals surface area contributed by atoms with Gasteiger partial charge in [0.15, 0.2) is 0 Å².